The maximum Gasteiger partial charge on any atom is 0.251 e. The van der Waals surface area contributed by atoms with E-state index >= 15 is 0 Å². The number of amides is 1. The van der Waals surface area contributed by atoms with Gasteiger partial charge >= 0.3 is 0 Å². The quantitative estimate of drug-likeness (QED) is 0.881. The van der Waals surface area contributed by atoms with Crippen LogP contribution in [0.4, 0.5) is 0 Å². The van der Waals surface area contributed by atoms with Gasteiger partial charge in [0.15, 0.2) is 11.5 Å². The summed E-state index contributed by atoms with van der Waals surface area (Å²) in [5.41, 5.74) is 0.630. The van der Waals surface area contributed by atoms with Gasteiger partial charge < -0.3 is 15.2 Å². The molecule has 0 aliphatic heterocycles. The molecule has 2 N–H and O–H groups in total. The molecule has 0 bridgehead atoms. The number of phenolic OH excluding ortho intramolecular Hbond substituents is 1. The number of ether oxygens (including phenoxy) is 1. The van der Waals surface area contributed by atoms with Crippen LogP contribution < -0.4 is 10.1 Å². The first-order valence-electron chi connectivity index (χ1n) is 6.39. The summed E-state index contributed by atoms with van der Waals surface area (Å²) in [6.07, 6.45) is 0. The number of hydrogen-bond acceptors (Lipinski definition) is 3. The highest BCUT2D eigenvalue weighted by molar-refractivity contribution is 5.95. The lowest BCUT2D eigenvalue weighted by atomic mass is 10.0. The van der Waals surface area contributed by atoms with Crippen LogP contribution >= 0.6 is 0 Å². The van der Waals surface area contributed by atoms with Crippen LogP contribution in [-0.4, -0.2) is 24.2 Å². The summed E-state index contributed by atoms with van der Waals surface area (Å²) in [5, 5.41) is 12.7. The van der Waals surface area contributed by atoms with Gasteiger partial charge in [0.25, 0.3) is 5.91 Å². The average molecular weight is 263 g/mol. The third-order valence-electron chi connectivity index (χ3n) is 4.74. The lowest BCUT2D eigenvalue weighted by Crippen LogP contribution is -2.29. The standard InChI is InChI=1S/C15H21NO3/c1-14(2)13(15(14,3)4)16-12(18)9-6-7-11(19-5)10(17)8-9/h6-8,13,17H,1-5H3,(H,16,18). The minimum Gasteiger partial charge on any atom is -0.504 e. The Balaban J connectivity index is 2.12. The highest BCUT2D eigenvalue weighted by Gasteiger charge is 2.65. The van der Waals surface area contributed by atoms with Crippen molar-refractivity contribution >= 4 is 5.91 Å². The highest BCUT2D eigenvalue weighted by atomic mass is 16.5. The Kier molecular flexibility index (Phi) is 3.00. The Morgan fingerprint density at radius 1 is 1.26 bits per heavy atom. The van der Waals surface area contributed by atoms with Crippen molar-refractivity contribution in [1.82, 2.24) is 5.32 Å². The van der Waals surface area contributed by atoms with E-state index in [1.54, 1.807) is 12.1 Å². The molecule has 1 fully saturated rings. The van der Waals surface area contributed by atoms with E-state index in [2.05, 4.69) is 33.0 Å². The molecule has 104 valence electrons. The smallest absolute Gasteiger partial charge is 0.251 e. The number of benzene rings is 1. The van der Waals surface area contributed by atoms with E-state index in [-0.39, 0.29) is 28.5 Å². The molecule has 0 saturated heterocycles. The van der Waals surface area contributed by atoms with Crippen LogP contribution in [0.25, 0.3) is 0 Å². The van der Waals surface area contributed by atoms with E-state index < -0.39 is 0 Å². The molecule has 4 heteroatoms. The van der Waals surface area contributed by atoms with Gasteiger partial charge in [0.05, 0.1) is 7.11 Å². The fourth-order valence-corrected chi connectivity index (χ4v) is 2.60. The number of carbonyl (C=O) groups is 1. The van der Waals surface area contributed by atoms with Crippen LogP contribution in [0.5, 0.6) is 11.5 Å². The molecule has 1 aromatic rings. The van der Waals surface area contributed by atoms with E-state index in [0.717, 1.165) is 0 Å². The summed E-state index contributed by atoms with van der Waals surface area (Å²) in [4.78, 5) is 12.2. The van der Waals surface area contributed by atoms with E-state index in [1.807, 2.05) is 0 Å². The minimum atomic E-state index is -0.165. The van der Waals surface area contributed by atoms with Crippen LogP contribution in [0, 0.1) is 10.8 Å². The number of carbonyl (C=O) groups excluding carboxylic acids is 1. The number of nitrogens with one attached hydrogen (secondary N) is 1. The number of phenols is 1. The Bertz CT molecular complexity index is 506. The van der Waals surface area contributed by atoms with E-state index in [9.17, 15) is 9.90 Å². The fourth-order valence-electron chi connectivity index (χ4n) is 2.60. The number of hydrogen-bond donors (Lipinski definition) is 2. The van der Waals surface area contributed by atoms with E-state index in [1.165, 1.54) is 13.2 Å². The maximum atomic E-state index is 12.2. The van der Waals surface area contributed by atoms with Crippen LogP contribution in [0.3, 0.4) is 0 Å². The van der Waals surface area contributed by atoms with Gasteiger partial charge in [-0.05, 0) is 29.0 Å². The molecule has 0 spiro atoms. The number of rotatable bonds is 3. The molecule has 1 amide bonds. The normalized spacial score (nSPS) is 19.8. The van der Waals surface area contributed by atoms with Gasteiger partial charge in [0, 0.05) is 11.6 Å². The molecule has 0 unspecified atom stereocenters. The minimum absolute atomic E-state index is 0.0236. The summed E-state index contributed by atoms with van der Waals surface area (Å²) in [7, 11) is 1.48. The SMILES string of the molecule is COc1ccc(C(=O)NC2C(C)(C)C2(C)C)cc1O. The van der Waals surface area contributed by atoms with Crippen LogP contribution in [0.2, 0.25) is 0 Å². The first-order valence-corrected chi connectivity index (χ1v) is 6.39. The summed E-state index contributed by atoms with van der Waals surface area (Å²) >= 11 is 0. The van der Waals surface area contributed by atoms with Crippen molar-refractivity contribution in [2.75, 3.05) is 7.11 Å². The predicted octanol–water partition coefficient (Wildman–Crippen LogP) is 2.57. The molecule has 4 nitrogen and oxygen atoms in total. The molecule has 1 aliphatic rings. The van der Waals surface area contributed by atoms with Gasteiger partial charge in [-0.3, -0.25) is 4.79 Å². The molecule has 0 radical (unpaired) electrons. The largest absolute Gasteiger partial charge is 0.504 e. The van der Waals surface area contributed by atoms with Gasteiger partial charge in [-0.1, -0.05) is 27.7 Å². The molecule has 1 aromatic carbocycles. The first kappa shape index (κ1) is 13.7. The van der Waals surface area contributed by atoms with Gasteiger partial charge in [0.1, 0.15) is 0 Å². The molecule has 0 heterocycles. The topological polar surface area (TPSA) is 58.6 Å². The number of methoxy groups -OCH3 is 1. The summed E-state index contributed by atoms with van der Waals surface area (Å²) < 4.78 is 4.96. The second kappa shape index (κ2) is 4.15. The molecule has 1 aliphatic carbocycles. The van der Waals surface area contributed by atoms with Gasteiger partial charge in [-0.25, -0.2) is 0 Å². The first-order chi connectivity index (χ1) is 8.71. The van der Waals surface area contributed by atoms with Gasteiger partial charge in [-0.15, -0.1) is 0 Å². The summed E-state index contributed by atoms with van der Waals surface area (Å²) in [5.74, 6) is 0.176. The zero-order valence-corrected chi connectivity index (χ0v) is 12.1. The van der Waals surface area contributed by atoms with Crippen molar-refractivity contribution in [1.29, 1.82) is 0 Å². The van der Waals surface area contributed by atoms with Crippen molar-refractivity contribution in [3.8, 4) is 11.5 Å². The Morgan fingerprint density at radius 2 is 1.84 bits per heavy atom. The van der Waals surface area contributed by atoms with Crippen LogP contribution in [-0.2, 0) is 0 Å². The average Bonchev–Trinajstić information content (AvgIpc) is 2.71. The molecule has 2 rings (SSSR count). The molecule has 0 aromatic heterocycles. The maximum absolute atomic E-state index is 12.2. The second-order valence-electron chi connectivity index (χ2n) is 6.24. The molecular weight excluding hydrogens is 242 g/mol. The second-order valence-corrected chi connectivity index (χ2v) is 6.24. The highest BCUT2D eigenvalue weighted by Crippen LogP contribution is 2.62. The lowest BCUT2D eigenvalue weighted by molar-refractivity contribution is 0.0943. The molecule has 19 heavy (non-hydrogen) atoms. The van der Waals surface area contributed by atoms with Crippen LogP contribution in [0.1, 0.15) is 38.1 Å². The monoisotopic (exact) mass is 263 g/mol. The molecular formula is C15H21NO3. The predicted molar refractivity (Wildman–Crippen MR) is 73.5 cm³/mol. The van der Waals surface area contributed by atoms with Crippen molar-refractivity contribution in [3.05, 3.63) is 23.8 Å². The Morgan fingerprint density at radius 3 is 2.26 bits per heavy atom. The van der Waals surface area contributed by atoms with Crippen molar-refractivity contribution in [3.63, 3.8) is 0 Å². The lowest BCUT2D eigenvalue weighted by Gasteiger charge is -2.09. The van der Waals surface area contributed by atoms with Crippen molar-refractivity contribution in [2.45, 2.75) is 33.7 Å². The zero-order chi connectivity index (χ0) is 14.4. The van der Waals surface area contributed by atoms with E-state index in [0.29, 0.717) is 11.3 Å². The summed E-state index contributed by atoms with van der Waals surface area (Å²) in [6.45, 7) is 8.57. The number of aromatic hydroxyl groups is 1. The molecule has 0 atom stereocenters. The molecule has 1 saturated carbocycles. The fraction of sp³-hybridized carbons (Fsp3) is 0.533. The summed E-state index contributed by atoms with van der Waals surface area (Å²) in [6, 6.07) is 4.82. The van der Waals surface area contributed by atoms with Gasteiger partial charge in [-0.2, -0.15) is 0 Å². The van der Waals surface area contributed by atoms with Crippen molar-refractivity contribution in [2.24, 2.45) is 10.8 Å². The third kappa shape index (κ3) is 2.05. The zero-order valence-electron chi connectivity index (χ0n) is 12.1. The van der Waals surface area contributed by atoms with Crippen molar-refractivity contribution < 1.29 is 14.6 Å². The Hall–Kier alpha value is -1.71. The third-order valence-corrected chi connectivity index (χ3v) is 4.74. The van der Waals surface area contributed by atoms with Crippen LogP contribution in [0.15, 0.2) is 18.2 Å². The Labute approximate surface area is 113 Å². The van der Waals surface area contributed by atoms with E-state index in [4.69, 9.17) is 4.74 Å². The van der Waals surface area contributed by atoms with Gasteiger partial charge in [0.2, 0.25) is 0 Å².